The number of carbonyl (C=O) groups is 1. The predicted octanol–water partition coefficient (Wildman–Crippen LogP) is 4.55. The fourth-order valence-electron chi connectivity index (χ4n) is 3.51. The number of methoxy groups -OCH3 is 1. The Morgan fingerprint density at radius 1 is 1.00 bits per heavy atom. The summed E-state index contributed by atoms with van der Waals surface area (Å²) < 4.78 is 7.10. The number of benzene rings is 2. The van der Waals surface area contributed by atoms with Crippen molar-refractivity contribution < 1.29 is 9.53 Å². The molecule has 4 aromatic rings. The molecule has 4 rings (SSSR count). The van der Waals surface area contributed by atoms with Crippen molar-refractivity contribution in [2.75, 3.05) is 12.9 Å². The van der Waals surface area contributed by atoms with Crippen molar-refractivity contribution >= 4 is 17.7 Å². The van der Waals surface area contributed by atoms with Crippen molar-refractivity contribution in [3.05, 3.63) is 96.1 Å². The Morgan fingerprint density at radius 3 is 2.41 bits per heavy atom. The Kier molecular flexibility index (Phi) is 7.93. The number of rotatable bonds is 10. The summed E-state index contributed by atoms with van der Waals surface area (Å²) >= 11 is 1.37. The van der Waals surface area contributed by atoms with Gasteiger partial charge in [0.05, 0.1) is 12.9 Å². The first-order valence-electron chi connectivity index (χ1n) is 11.1. The molecule has 8 heteroatoms. The lowest BCUT2D eigenvalue weighted by Crippen LogP contribution is -2.31. The number of aryl methyl sites for hydroxylation is 1. The van der Waals surface area contributed by atoms with Crippen LogP contribution in [0.1, 0.15) is 23.6 Å². The normalized spacial score (nSPS) is 10.8. The maximum atomic E-state index is 13.3. The molecule has 0 saturated carbocycles. The molecule has 0 atom stereocenters. The summed E-state index contributed by atoms with van der Waals surface area (Å²) in [4.78, 5) is 19.4. The first kappa shape index (κ1) is 23.5. The van der Waals surface area contributed by atoms with Gasteiger partial charge >= 0.3 is 0 Å². The van der Waals surface area contributed by atoms with Crippen LogP contribution in [0, 0.1) is 0 Å². The van der Waals surface area contributed by atoms with E-state index in [4.69, 9.17) is 4.74 Å². The van der Waals surface area contributed by atoms with Gasteiger partial charge in [0.2, 0.25) is 5.91 Å². The highest BCUT2D eigenvalue weighted by molar-refractivity contribution is 7.99. The molecule has 7 nitrogen and oxygen atoms in total. The molecule has 174 valence electrons. The fraction of sp³-hybridized carbons (Fsp3) is 0.231. The van der Waals surface area contributed by atoms with Gasteiger partial charge in [-0.1, -0.05) is 49.0 Å². The second-order valence-corrected chi connectivity index (χ2v) is 8.69. The van der Waals surface area contributed by atoms with Crippen LogP contribution in [0.25, 0.3) is 5.69 Å². The van der Waals surface area contributed by atoms with E-state index in [-0.39, 0.29) is 11.7 Å². The summed E-state index contributed by atoms with van der Waals surface area (Å²) in [6.07, 6.45) is 6.18. The lowest BCUT2D eigenvalue weighted by molar-refractivity contribution is -0.129. The van der Waals surface area contributed by atoms with Gasteiger partial charge in [-0.05, 0) is 53.4 Å². The Hall–Kier alpha value is -3.65. The van der Waals surface area contributed by atoms with Crippen molar-refractivity contribution in [3.8, 4) is 11.4 Å². The van der Waals surface area contributed by atoms with E-state index in [1.165, 1.54) is 17.3 Å². The molecule has 1 amide bonds. The zero-order chi connectivity index (χ0) is 23.8. The smallest absolute Gasteiger partial charge is 0.233 e. The number of aromatic nitrogens is 4. The highest BCUT2D eigenvalue weighted by atomic mass is 32.2. The maximum absolute atomic E-state index is 13.3. The Balaban J connectivity index is 1.47. The molecule has 0 bridgehead atoms. The molecular formula is C26H27N5O2S. The third-order valence-electron chi connectivity index (χ3n) is 5.45. The topological polar surface area (TPSA) is 73.1 Å². The fourth-order valence-corrected chi connectivity index (χ4v) is 4.34. The second kappa shape index (κ2) is 11.5. The molecule has 0 aliphatic heterocycles. The predicted molar refractivity (Wildman–Crippen MR) is 133 cm³/mol. The van der Waals surface area contributed by atoms with Crippen molar-refractivity contribution in [1.82, 2.24) is 24.6 Å². The van der Waals surface area contributed by atoms with Crippen LogP contribution in [0.2, 0.25) is 0 Å². The minimum absolute atomic E-state index is 0.0257. The van der Waals surface area contributed by atoms with E-state index in [0.29, 0.717) is 18.2 Å². The Bertz CT molecular complexity index is 1190. The monoisotopic (exact) mass is 473 g/mol. The molecule has 2 aromatic carbocycles. The van der Waals surface area contributed by atoms with Crippen molar-refractivity contribution in [2.24, 2.45) is 0 Å². The molecule has 0 aliphatic rings. The van der Waals surface area contributed by atoms with Crippen molar-refractivity contribution in [3.63, 3.8) is 0 Å². The zero-order valence-electron chi connectivity index (χ0n) is 19.3. The van der Waals surface area contributed by atoms with Crippen LogP contribution in [-0.2, 0) is 24.3 Å². The lowest BCUT2D eigenvalue weighted by atomic mass is 10.1. The minimum atomic E-state index is 0.0257. The van der Waals surface area contributed by atoms with Crippen LogP contribution in [-0.4, -0.2) is 43.4 Å². The molecule has 2 aromatic heterocycles. The molecule has 0 N–H and O–H groups in total. The summed E-state index contributed by atoms with van der Waals surface area (Å²) in [5.41, 5.74) is 4.28. The van der Waals surface area contributed by atoms with Gasteiger partial charge in [0.15, 0.2) is 5.16 Å². The maximum Gasteiger partial charge on any atom is 0.233 e. The molecule has 0 fully saturated rings. The second-order valence-electron chi connectivity index (χ2n) is 7.75. The molecular weight excluding hydrogens is 446 g/mol. The molecule has 0 unspecified atom stereocenters. The summed E-state index contributed by atoms with van der Waals surface area (Å²) in [6.45, 7) is 3.16. The number of nitrogens with zero attached hydrogens (tertiary/aromatic N) is 5. The largest absolute Gasteiger partial charge is 0.497 e. The lowest BCUT2D eigenvalue weighted by Gasteiger charge is -2.23. The summed E-state index contributed by atoms with van der Waals surface area (Å²) in [5.74, 6) is 1.05. The number of ether oxygens (including phenoxy) is 1. The SMILES string of the molecule is CCc1ccc(CN(Cc2cccnc2)C(=O)CSc2nncn2-c2ccc(OC)cc2)cc1. The zero-order valence-corrected chi connectivity index (χ0v) is 20.1. The van der Waals surface area contributed by atoms with E-state index in [1.807, 2.05) is 45.9 Å². The summed E-state index contributed by atoms with van der Waals surface area (Å²) in [6, 6.07) is 19.9. The number of thioether (sulfide) groups is 1. The highest BCUT2D eigenvalue weighted by Gasteiger charge is 2.17. The van der Waals surface area contributed by atoms with E-state index >= 15 is 0 Å². The summed E-state index contributed by atoms with van der Waals surface area (Å²) in [5, 5.41) is 8.92. The number of hydrogen-bond acceptors (Lipinski definition) is 6. The number of hydrogen-bond donors (Lipinski definition) is 0. The van der Waals surface area contributed by atoms with Gasteiger partial charge in [-0.3, -0.25) is 14.3 Å². The van der Waals surface area contributed by atoms with Crippen molar-refractivity contribution in [1.29, 1.82) is 0 Å². The number of pyridine rings is 1. The van der Waals surface area contributed by atoms with Gasteiger partial charge in [-0.15, -0.1) is 10.2 Å². The van der Waals surface area contributed by atoms with Crippen LogP contribution in [0.5, 0.6) is 5.75 Å². The summed E-state index contributed by atoms with van der Waals surface area (Å²) in [7, 11) is 1.64. The highest BCUT2D eigenvalue weighted by Crippen LogP contribution is 2.22. The standard InChI is InChI=1S/C26H27N5O2S/c1-3-20-6-8-21(9-7-20)16-30(17-22-5-4-14-27-15-22)25(32)18-34-26-29-28-19-31(26)23-10-12-24(33-2)13-11-23/h4-15,19H,3,16-18H2,1-2H3. The van der Waals surface area contributed by atoms with E-state index < -0.39 is 0 Å². The Labute approximate surface area is 203 Å². The Morgan fingerprint density at radius 2 is 1.74 bits per heavy atom. The molecule has 0 saturated heterocycles. The number of carbonyl (C=O) groups excluding carboxylic acids is 1. The minimum Gasteiger partial charge on any atom is -0.497 e. The molecule has 0 aliphatic carbocycles. The first-order chi connectivity index (χ1) is 16.7. The van der Waals surface area contributed by atoms with E-state index in [9.17, 15) is 4.79 Å². The van der Waals surface area contributed by atoms with Crippen LogP contribution in [0.3, 0.4) is 0 Å². The molecule has 0 spiro atoms. The first-order valence-corrected chi connectivity index (χ1v) is 12.1. The average molecular weight is 474 g/mol. The molecule has 34 heavy (non-hydrogen) atoms. The van der Waals surface area contributed by atoms with Gasteiger partial charge in [-0.25, -0.2) is 0 Å². The average Bonchev–Trinajstić information content (AvgIpc) is 3.36. The quantitative estimate of drug-likeness (QED) is 0.315. The van der Waals surface area contributed by atoms with Crippen LogP contribution < -0.4 is 4.74 Å². The molecule has 0 radical (unpaired) electrons. The van der Waals surface area contributed by atoms with E-state index in [0.717, 1.165) is 29.0 Å². The van der Waals surface area contributed by atoms with Crippen LogP contribution >= 0.6 is 11.8 Å². The van der Waals surface area contributed by atoms with Crippen LogP contribution in [0.15, 0.2) is 84.5 Å². The number of amides is 1. The molecule has 2 heterocycles. The van der Waals surface area contributed by atoms with Crippen LogP contribution in [0.4, 0.5) is 0 Å². The third-order valence-corrected chi connectivity index (χ3v) is 6.37. The van der Waals surface area contributed by atoms with Gasteiger partial charge in [0.1, 0.15) is 12.1 Å². The van der Waals surface area contributed by atoms with E-state index in [1.54, 1.807) is 25.8 Å². The van der Waals surface area contributed by atoms with E-state index in [2.05, 4.69) is 46.4 Å². The van der Waals surface area contributed by atoms with Gasteiger partial charge in [0, 0.05) is 31.2 Å². The van der Waals surface area contributed by atoms with Gasteiger partial charge in [-0.2, -0.15) is 0 Å². The third kappa shape index (κ3) is 6.02. The van der Waals surface area contributed by atoms with Crippen molar-refractivity contribution in [2.45, 2.75) is 31.6 Å². The van der Waals surface area contributed by atoms with Gasteiger partial charge < -0.3 is 9.64 Å². The van der Waals surface area contributed by atoms with Gasteiger partial charge in [0.25, 0.3) is 0 Å².